The minimum atomic E-state index is 0.200. The van der Waals surface area contributed by atoms with Crippen LogP contribution in [-0.4, -0.2) is 54.0 Å². The molecule has 3 heterocycles. The summed E-state index contributed by atoms with van der Waals surface area (Å²) in [5.41, 5.74) is 3.31. The molecule has 0 bridgehead atoms. The molecular weight excluding hydrogens is 262 g/mol. The molecule has 2 saturated heterocycles. The van der Waals surface area contributed by atoms with Gasteiger partial charge in [0.25, 0.3) is 5.91 Å². The number of fused-ring (bicyclic) bond motifs is 2. The summed E-state index contributed by atoms with van der Waals surface area (Å²) in [5.74, 6) is 0.200. The number of hydrogen-bond donors (Lipinski definition) is 1. The minimum Gasteiger partial charge on any atom is -0.384 e. The maximum atomic E-state index is 12.9. The lowest BCUT2D eigenvalue weighted by molar-refractivity contribution is 0.0395. The SMILES string of the molecule is CC1CN2CCCC2CN1C(=O)c1ccc2c(c1)NCC2. The highest BCUT2D eigenvalue weighted by atomic mass is 16.2. The van der Waals surface area contributed by atoms with Crippen molar-refractivity contribution in [3.63, 3.8) is 0 Å². The first-order chi connectivity index (χ1) is 10.2. The number of rotatable bonds is 1. The van der Waals surface area contributed by atoms with Crippen LogP contribution in [0.5, 0.6) is 0 Å². The predicted molar refractivity (Wildman–Crippen MR) is 83.7 cm³/mol. The zero-order chi connectivity index (χ0) is 14.4. The van der Waals surface area contributed by atoms with Gasteiger partial charge in [0.05, 0.1) is 0 Å². The van der Waals surface area contributed by atoms with Gasteiger partial charge in [0.2, 0.25) is 0 Å². The van der Waals surface area contributed by atoms with Crippen LogP contribution in [-0.2, 0) is 6.42 Å². The third-order valence-corrected chi connectivity index (χ3v) is 5.26. The van der Waals surface area contributed by atoms with E-state index in [1.54, 1.807) is 0 Å². The van der Waals surface area contributed by atoms with Crippen LogP contribution >= 0.6 is 0 Å². The Morgan fingerprint density at radius 1 is 1.33 bits per heavy atom. The second-order valence-corrected chi connectivity index (χ2v) is 6.65. The molecule has 3 aliphatic rings. The van der Waals surface area contributed by atoms with Gasteiger partial charge in [-0.1, -0.05) is 6.07 Å². The van der Waals surface area contributed by atoms with Gasteiger partial charge in [-0.3, -0.25) is 9.69 Å². The van der Waals surface area contributed by atoms with Crippen molar-refractivity contribution in [1.29, 1.82) is 0 Å². The summed E-state index contributed by atoms with van der Waals surface area (Å²) in [5, 5.41) is 3.37. The van der Waals surface area contributed by atoms with Crippen molar-refractivity contribution in [2.75, 3.05) is 31.5 Å². The summed E-state index contributed by atoms with van der Waals surface area (Å²) in [7, 11) is 0. The van der Waals surface area contributed by atoms with Gasteiger partial charge in [0.15, 0.2) is 0 Å². The highest BCUT2D eigenvalue weighted by molar-refractivity contribution is 5.95. The molecule has 21 heavy (non-hydrogen) atoms. The lowest BCUT2D eigenvalue weighted by Crippen LogP contribution is -2.56. The van der Waals surface area contributed by atoms with Crippen molar-refractivity contribution in [2.45, 2.75) is 38.3 Å². The van der Waals surface area contributed by atoms with Crippen LogP contribution in [0.4, 0.5) is 5.69 Å². The van der Waals surface area contributed by atoms with Crippen LogP contribution in [0.25, 0.3) is 0 Å². The lowest BCUT2D eigenvalue weighted by Gasteiger charge is -2.42. The van der Waals surface area contributed by atoms with Crippen LogP contribution in [0.15, 0.2) is 18.2 Å². The maximum absolute atomic E-state index is 12.9. The van der Waals surface area contributed by atoms with E-state index in [2.05, 4.69) is 28.1 Å². The number of carbonyl (C=O) groups is 1. The van der Waals surface area contributed by atoms with Gasteiger partial charge in [-0.05, 0) is 50.4 Å². The summed E-state index contributed by atoms with van der Waals surface area (Å²) in [6, 6.07) is 7.05. The number of nitrogens with zero attached hydrogens (tertiary/aromatic N) is 2. The molecule has 0 saturated carbocycles. The molecule has 2 atom stereocenters. The standard InChI is InChI=1S/C17H23N3O/c1-12-10-19-8-2-3-15(19)11-20(12)17(21)14-5-4-13-6-7-18-16(13)9-14/h4-5,9,12,15,18H,2-3,6-8,10-11H2,1H3. The van der Waals surface area contributed by atoms with E-state index in [1.165, 1.54) is 24.9 Å². The summed E-state index contributed by atoms with van der Waals surface area (Å²) in [6.45, 7) is 6.30. The first-order valence-corrected chi connectivity index (χ1v) is 8.14. The smallest absolute Gasteiger partial charge is 0.254 e. The maximum Gasteiger partial charge on any atom is 0.254 e. The number of anilines is 1. The van der Waals surface area contributed by atoms with Gasteiger partial charge in [0, 0.05) is 43.0 Å². The summed E-state index contributed by atoms with van der Waals surface area (Å²) in [4.78, 5) is 17.5. The quantitative estimate of drug-likeness (QED) is 0.857. The highest BCUT2D eigenvalue weighted by Gasteiger charge is 2.36. The molecular formula is C17H23N3O. The lowest BCUT2D eigenvalue weighted by atomic mass is 10.0. The van der Waals surface area contributed by atoms with Crippen molar-refractivity contribution in [1.82, 2.24) is 9.80 Å². The Balaban J connectivity index is 1.56. The number of piperazine rings is 1. The Morgan fingerprint density at radius 3 is 3.14 bits per heavy atom. The molecule has 2 unspecified atom stereocenters. The van der Waals surface area contributed by atoms with E-state index in [0.29, 0.717) is 12.1 Å². The first-order valence-electron chi connectivity index (χ1n) is 8.14. The summed E-state index contributed by atoms with van der Waals surface area (Å²) in [6.07, 6.45) is 3.59. The third kappa shape index (κ3) is 2.22. The van der Waals surface area contributed by atoms with Crippen molar-refractivity contribution in [3.05, 3.63) is 29.3 Å². The fraction of sp³-hybridized carbons (Fsp3) is 0.588. The van der Waals surface area contributed by atoms with Crippen molar-refractivity contribution in [2.24, 2.45) is 0 Å². The Labute approximate surface area is 126 Å². The number of amides is 1. The molecule has 112 valence electrons. The van der Waals surface area contributed by atoms with Crippen molar-refractivity contribution >= 4 is 11.6 Å². The topological polar surface area (TPSA) is 35.6 Å². The number of benzene rings is 1. The second-order valence-electron chi connectivity index (χ2n) is 6.65. The Kier molecular flexibility index (Phi) is 3.14. The number of hydrogen-bond acceptors (Lipinski definition) is 3. The van der Waals surface area contributed by atoms with Crippen LogP contribution in [0.3, 0.4) is 0 Å². The molecule has 1 aromatic rings. The molecule has 1 N–H and O–H groups in total. The van der Waals surface area contributed by atoms with Gasteiger partial charge in [-0.25, -0.2) is 0 Å². The second kappa shape index (κ2) is 5.02. The van der Waals surface area contributed by atoms with E-state index in [4.69, 9.17) is 0 Å². The third-order valence-electron chi connectivity index (χ3n) is 5.26. The van der Waals surface area contributed by atoms with Crippen LogP contribution in [0, 0.1) is 0 Å². The molecule has 0 aromatic heterocycles. The number of carbonyl (C=O) groups excluding carboxylic acids is 1. The molecule has 1 aromatic carbocycles. The first kappa shape index (κ1) is 13.1. The zero-order valence-electron chi connectivity index (χ0n) is 12.6. The summed E-state index contributed by atoms with van der Waals surface area (Å²) >= 11 is 0. The minimum absolute atomic E-state index is 0.200. The molecule has 4 heteroatoms. The van der Waals surface area contributed by atoms with E-state index < -0.39 is 0 Å². The van der Waals surface area contributed by atoms with Gasteiger partial charge < -0.3 is 10.2 Å². The van der Waals surface area contributed by atoms with E-state index in [0.717, 1.165) is 37.3 Å². The molecule has 0 spiro atoms. The van der Waals surface area contributed by atoms with Gasteiger partial charge in [0.1, 0.15) is 0 Å². The fourth-order valence-electron chi connectivity index (χ4n) is 4.06. The molecule has 0 radical (unpaired) electrons. The highest BCUT2D eigenvalue weighted by Crippen LogP contribution is 2.28. The van der Waals surface area contributed by atoms with Crippen LogP contribution in [0.1, 0.15) is 35.7 Å². The van der Waals surface area contributed by atoms with Crippen molar-refractivity contribution in [3.8, 4) is 0 Å². The van der Waals surface area contributed by atoms with Crippen LogP contribution in [0.2, 0.25) is 0 Å². The Hall–Kier alpha value is -1.55. The van der Waals surface area contributed by atoms with Crippen LogP contribution < -0.4 is 5.32 Å². The average Bonchev–Trinajstić information content (AvgIpc) is 3.12. The molecule has 1 amide bonds. The monoisotopic (exact) mass is 285 g/mol. The van der Waals surface area contributed by atoms with Gasteiger partial charge in [-0.15, -0.1) is 0 Å². The predicted octanol–water partition coefficient (Wildman–Crippen LogP) is 1.96. The zero-order valence-corrected chi connectivity index (χ0v) is 12.6. The Bertz CT molecular complexity index is 571. The van der Waals surface area contributed by atoms with E-state index in [1.807, 2.05) is 12.1 Å². The molecule has 3 aliphatic heterocycles. The number of nitrogens with one attached hydrogen (secondary N) is 1. The summed E-state index contributed by atoms with van der Waals surface area (Å²) < 4.78 is 0. The van der Waals surface area contributed by atoms with Gasteiger partial charge in [-0.2, -0.15) is 0 Å². The molecule has 4 rings (SSSR count). The fourth-order valence-corrected chi connectivity index (χ4v) is 4.06. The Morgan fingerprint density at radius 2 is 2.24 bits per heavy atom. The molecule has 4 nitrogen and oxygen atoms in total. The average molecular weight is 285 g/mol. The van der Waals surface area contributed by atoms with E-state index in [9.17, 15) is 4.79 Å². The van der Waals surface area contributed by atoms with E-state index >= 15 is 0 Å². The normalized spacial score (nSPS) is 28.1. The molecule has 2 fully saturated rings. The van der Waals surface area contributed by atoms with E-state index in [-0.39, 0.29) is 5.91 Å². The van der Waals surface area contributed by atoms with Crippen molar-refractivity contribution < 1.29 is 4.79 Å². The largest absolute Gasteiger partial charge is 0.384 e. The van der Waals surface area contributed by atoms with Gasteiger partial charge >= 0.3 is 0 Å². The molecule has 0 aliphatic carbocycles.